The number of carbonyl (C=O) groups is 2. The molecule has 2 unspecified atom stereocenters. The van der Waals surface area contributed by atoms with Crippen molar-refractivity contribution in [2.75, 3.05) is 38.7 Å². The van der Waals surface area contributed by atoms with Crippen LogP contribution in [0.2, 0.25) is 0 Å². The summed E-state index contributed by atoms with van der Waals surface area (Å²) in [6.07, 6.45) is 5.07. The number of nitrogens with zero attached hydrogens (tertiary/aromatic N) is 2. The lowest BCUT2D eigenvalue weighted by Gasteiger charge is -2.31. The summed E-state index contributed by atoms with van der Waals surface area (Å²) in [5.74, 6) is -0.651. The van der Waals surface area contributed by atoms with Crippen LogP contribution in [-0.2, 0) is 20.0 Å². The first-order valence-electron chi connectivity index (χ1n) is 10.6. The van der Waals surface area contributed by atoms with Crippen LogP contribution in [0.15, 0.2) is 24.3 Å². The monoisotopic (exact) mass is 486 g/mol. The maximum Gasteiger partial charge on any atom is 0.251 e. The van der Waals surface area contributed by atoms with Crippen molar-refractivity contribution >= 4 is 31.9 Å². The molecule has 0 aromatic heterocycles. The standard InChI is InChI=1S/C20H30N4O6S2/c1-31(27,28)23-11-3-5-17(13-23)21-19(25)15-7-9-16(10-8-15)20(26)22-18-6-4-12-24(14-18)32(2,29)30/h7-10,17-18H,3-6,11-14H2,1-2H3,(H,21,25)(H,22,26). The van der Waals surface area contributed by atoms with Gasteiger partial charge in [0.25, 0.3) is 11.8 Å². The molecule has 2 saturated heterocycles. The van der Waals surface area contributed by atoms with Crippen LogP contribution >= 0.6 is 0 Å². The molecule has 2 aliphatic rings. The molecule has 2 amide bonds. The van der Waals surface area contributed by atoms with E-state index in [0.29, 0.717) is 49.9 Å². The third kappa shape index (κ3) is 6.50. The zero-order valence-electron chi connectivity index (χ0n) is 18.3. The Morgan fingerprint density at radius 3 is 1.41 bits per heavy atom. The van der Waals surface area contributed by atoms with Crippen molar-refractivity contribution in [2.24, 2.45) is 0 Å². The normalized spacial score (nSPS) is 23.4. The van der Waals surface area contributed by atoms with E-state index in [-0.39, 0.29) is 37.0 Å². The molecule has 3 rings (SSSR count). The Morgan fingerprint density at radius 2 is 1.09 bits per heavy atom. The molecule has 2 aliphatic heterocycles. The largest absolute Gasteiger partial charge is 0.348 e. The molecular weight excluding hydrogens is 456 g/mol. The summed E-state index contributed by atoms with van der Waals surface area (Å²) in [7, 11) is -6.59. The second kappa shape index (κ2) is 9.86. The molecule has 12 heteroatoms. The lowest BCUT2D eigenvalue weighted by molar-refractivity contribution is 0.0909. The predicted octanol–water partition coefficient (Wildman–Crippen LogP) is -0.00580. The predicted molar refractivity (Wildman–Crippen MR) is 120 cm³/mol. The van der Waals surface area contributed by atoms with Crippen LogP contribution in [-0.4, -0.2) is 88.0 Å². The number of carbonyl (C=O) groups excluding carboxylic acids is 2. The second-order valence-corrected chi connectivity index (χ2v) is 12.4. The highest BCUT2D eigenvalue weighted by Gasteiger charge is 2.28. The van der Waals surface area contributed by atoms with Crippen molar-refractivity contribution in [3.05, 3.63) is 35.4 Å². The number of hydrogen-bond donors (Lipinski definition) is 2. The average molecular weight is 487 g/mol. The van der Waals surface area contributed by atoms with Gasteiger partial charge in [-0.2, -0.15) is 0 Å². The number of amides is 2. The van der Waals surface area contributed by atoms with Crippen molar-refractivity contribution in [1.29, 1.82) is 0 Å². The Kier molecular flexibility index (Phi) is 7.58. The van der Waals surface area contributed by atoms with Crippen molar-refractivity contribution < 1.29 is 26.4 Å². The molecule has 0 aliphatic carbocycles. The Morgan fingerprint density at radius 1 is 0.750 bits per heavy atom. The first-order chi connectivity index (χ1) is 14.9. The summed E-state index contributed by atoms with van der Waals surface area (Å²) in [6.45, 7) is 1.41. The molecule has 1 aromatic carbocycles. The van der Waals surface area contributed by atoms with Gasteiger partial charge >= 0.3 is 0 Å². The summed E-state index contributed by atoms with van der Waals surface area (Å²) in [4.78, 5) is 25.1. The Hall–Kier alpha value is -2.02. The fraction of sp³-hybridized carbons (Fsp3) is 0.600. The highest BCUT2D eigenvalue weighted by atomic mass is 32.2. The molecular formula is C20H30N4O6S2. The van der Waals surface area contributed by atoms with Gasteiger partial charge in [-0.15, -0.1) is 0 Å². The molecule has 0 saturated carbocycles. The molecule has 2 atom stereocenters. The maximum absolute atomic E-state index is 12.6. The van der Waals surface area contributed by atoms with Crippen LogP contribution < -0.4 is 10.6 Å². The van der Waals surface area contributed by atoms with Gasteiger partial charge < -0.3 is 10.6 Å². The Labute approximate surface area is 189 Å². The number of rotatable bonds is 6. The third-order valence-electron chi connectivity index (χ3n) is 5.79. The summed E-state index contributed by atoms with van der Waals surface area (Å²) in [5, 5.41) is 5.73. The van der Waals surface area contributed by atoms with Gasteiger partial charge in [0.2, 0.25) is 20.0 Å². The molecule has 0 spiro atoms. The first-order valence-corrected chi connectivity index (χ1v) is 14.2. The topological polar surface area (TPSA) is 133 Å². The maximum atomic E-state index is 12.6. The van der Waals surface area contributed by atoms with E-state index >= 15 is 0 Å². The smallest absolute Gasteiger partial charge is 0.251 e. The van der Waals surface area contributed by atoms with Crippen LogP contribution in [0.3, 0.4) is 0 Å². The van der Waals surface area contributed by atoms with E-state index in [1.54, 1.807) is 24.3 Å². The number of sulfonamides is 2. The van der Waals surface area contributed by atoms with Gasteiger partial charge in [-0.1, -0.05) is 0 Å². The fourth-order valence-corrected chi connectivity index (χ4v) is 5.86. The van der Waals surface area contributed by atoms with E-state index in [4.69, 9.17) is 0 Å². The molecule has 0 radical (unpaired) electrons. The lowest BCUT2D eigenvalue weighted by Crippen LogP contribution is -2.49. The van der Waals surface area contributed by atoms with Crippen LogP contribution in [0.1, 0.15) is 46.4 Å². The van der Waals surface area contributed by atoms with Gasteiger partial charge in [0.15, 0.2) is 0 Å². The van der Waals surface area contributed by atoms with Crippen LogP contribution in [0.4, 0.5) is 0 Å². The minimum absolute atomic E-state index is 0.247. The van der Waals surface area contributed by atoms with Gasteiger partial charge in [0.05, 0.1) is 12.5 Å². The minimum Gasteiger partial charge on any atom is -0.348 e. The van der Waals surface area contributed by atoms with Gasteiger partial charge in [-0.3, -0.25) is 9.59 Å². The Balaban J connectivity index is 1.56. The summed E-state index contributed by atoms with van der Waals surface area (Å²) >= 11 is 0. The SMILES string of the molecule is CS(=O)(=O)N1CCCC(NC(=O)c2ccc(C(=O)NC3CCCN(S(C)(=O)=O)C3)cc2)C1. The van der Waals surface area contributed by atoms with Gasteiger partial charge in [0, 0.05) is 49.4 Å². The van der Waals surface area contributed by atoms with E-state index < -0.39 is 20.0 Å². The van der Waals surface area contributed by atoms with Gasteiger partial charge in [-0.25, -0.2) is 25.4 Å². The summed E-state index contributed by atoms with van der Waals surface area (Å²) in [6, 6.07) is 5.66. The quantitative estimate of drug-likeness (QED) is 0.581. The number of hydrogen-bond acceptors (Lipinski definition) is 6. The lowest BCUT2D eigenvalue weighted by atomic mass is 10.1. The van der Waals surface area contributed by atoms with Crippen molar-refractivity contribution in [2.45, 2.75) is 37.8 Å². The fourth-order valence-electron chi connectivity index (χ4n) is 4.03. The van der Waals surface area contributed by atoms with Gasteiger partial charge in [-0.05, 0) is 49.9 Å². The zero-order chi connectivity index (χ0) is 23.5. The highest BCUT2D eigenvalue weighted by Crippen LogP contribution is 2.16. The van der Waals surface area contributed by atoms with Crippen LogP contribution in [0.25, 0.3) is 0 Å². The third-order valence-corrected chi connectivity index (χ3v) is 8.33. The van der Waals surface area contributed by atoms with Gasteiger partial charge in [0.1, 0.15) is 0 Å². The van der Waals surface area contributed by atoms with Crippen LogP contribution in [0.5, 0.6) is 0 Å². The molecule has 2 N–H and O–H groups in total. The van der Waals surface area contributed by atoms with E-state index in [1.165, 1.54) is 8.61 Å². The molecule has 10 nitrogen and oxygen atoms in total. The number of benzene rings is 1. The number of nitrogens with one attached hydrogen (secondary N) is 2. The van der Waals surface area contributed by atoms with Crippen molar-refractivity contribution in [1.82, 2.24) is 19.2 Å². The average Bonchev–Trinajstić information content (AvgIpc) is 2.73. The number of piperidine rings is 2. The minimum atomic E-state index is -3.30. The van der Waals surface area contributed by atoms with E-state index in [2.05, 4.69) is 10.6 Å². The highest BCUT2D eigenvalue weighted by molar-refractivity contribution is 7.88. The molecule has 1 aromatic rings. The van der Waals surface area contributed by atoms with E-state index in [1.807, 2.05) is 0 Å². The molecule has 2 fully saturated rings. The molecule has 2 heterocycles. The first kappa shape index (κ1) is 24.6. The van der Waals surface area contributed by atoms with Crippen molar-refractivity contribution in [3.8, 4) is 0 Å². The van der Waals surface area contributed by atoms with Crippen LogP contribution in [0, 0.1) is 0 Å². The molecule has 0 bridgehead atoms. The zero-order valence-corrected chi connectivity index (χ0v) is 19.9. The van der Waals surface area contributed by atoms with E-state index in [0.717, 1.165) is 12.5 Å². The summed E-state index contributed by atoms with van der Waals surface area (Å²) in [5.41, 5.74) is 0.748. The molecule has 178 valence electrons. The van der Waals surface area contributed by atoms with Crippen molar-refractivity contribution in [3.63, 3.8) is 0 Å². The summed E-state index contributed by atoms with van der Waals surface area (Å²) < 4.78 is 49.7. The van der Waals surface area contributed by atoms with E-state index in [9.17, 15) is 26.4 Å². The second-order valence-electron chi connectivity index (χ2n) is 8.44. The Bertz CT molecular complexity index is 971. The molecule has 32 heavy (non-hydrogen) atoms.